The second-order valence-corrected chi connectivity index (χ2v) is 16.5. The Morgan fingerprint density at radius 3 is 1.92 bits per heavy atom. The first-order chi connectivity index (χ1) is 29.5. The van der Waals surface area contributed by atoms with Crippen LogP contribution >= 0.6 is 0 Å². The first-order valence-electron chi connectivity index (χ1n) is 21.0. The van der Waals surface area contributed by atoms with Crippen LogP contribution in [0.4, 0.5) is 0 Å². The van der Waals surface area contributed by atoms with Crippen molar-refractivity contribution in [3.05, 3.63) is 228 Å². The van der Waals surface area contributed by atoms with Gasteiger partial charge in [-0.2, -0.15) is 0 Å². The lowest BCUT2D eigenvalue weighted by Crippen LogP contribution is -2.14. The van der Waals surface area contributed by atoms with Gasteiger partial charge >= 0.3 is 0 Å². The van der Waals surface area contributed by atoms with Crippen LogP contribution in [0.25, 0.3) is 66.6 Å². The molecule has 1 aliphatic heterocycles. The number of hydrogen-bond acceptors (Lipinski definition) is 2. The standard InChI is InChI=1S/C57H43N3/c1-57(2)49-33-31-40(41-32-34-54-47(36-41)46-25-12-13-30-53(46)60(54)44-23-10-5-11-24-44)37-48(49)55-45(26-15-27-50(55)57)42-21-14-22-43(35-42)52-29-16-28-51(38-17-6-3-7-18-38)58-56(59-52)39-19-8-4-9-20-39/h3-15,17-27,29-37H,16,28H2,1-2H3. The van der Waals surface area contributed by atoms with E-state index in [1.54, 1.807) is 0 Å². The molecule has 0 N–H and O–H groups in total. The topological polar surface area (TPSA) is 29.6 Å². The highest BCUT2D eigenvalue weighted by molar-refractivity contribution is 6.14. The maximum absolute atomic E-state index is 5.31. The molecule has 0 spiro atoms. The highest BCUT2D eigenvalue weighted by atomic mass is 15.0. The average Bonchev–Trinajstić information content (AvgIpc) is 3.75. The molecule has 8 aromatic carbocycles. The predicted octanol–water partition coefficient (Wildman–Crippen LogP) is 14.5. The Balaban J connectivity index is 1.01. The Labute approximate surface area is 351 Å². The maximum atomic E-state index is 5.31. The zero-order chi connectivity index (χ0) is 40.2. The summed E-state index contributed by atoms with van der Waals surface area (Å²) in [5.74, 6) is 0.734. The van der Waals surface area contributed by atoms with Crippen LogP contribution in [0.1, 0.15) is 54.5 Å². The molecule has 0 saturated carbocycles. The highest BCUT2D eigenvalue weighted by Gasteiger charge is 2.37. The lowest BCUT2D eigenvalue weighted by atomic mass is 9.81. The predicted molar refractivity (Wildman–Crippen MR) is 252 cm³/mol. The third-order valence-corrected chi connectivity index (χ3v) is 12.5. The SMILES string of the molecule is CC1(C)c2ccc(-c3ccc4c(c3)c3ccccc3n4-c3ccccc3)cc2-c2c(-c3cccc(C4=CCCC(c5ccccc5)=NC(c5ccccc5)=N4)c3)cccc21. The quantitative estimate of drug-likeness (QED) is 0.161. The Morgan fingerprint density at radius 2 is 1.10 bits per heavy atom. The molecule has 0 unspecified atom stereocenters. The minimum atomic E-state index is -0.144. The first kappa shape index (κ1) is 35.8. The van der Waals surface area contributed by atoms with E-state index in [9.17, 15) is 0 Å². The van der Waals surface area contributed by atoms with E-state index in [-0.39, 0.29) is 5.41 Å². The highest BCUT2D eigenvalue weighted by Crippen LogP contribution is 2.53. The number of nitrogens with zero attached hydrogens (tertiary/aromatic N) is 3. The van der Waals surface area contributed by atoms with Gasteiger partial charge in [-0.1, -0.05) is 172 Å². The number of aromatic nitrogens is 1. The second kappa shape index (κ2) is 14.5. The molecule has 0 atom stereocenters. The van der Waals surface area contributed by atoms with Gasteiger partial charge in [0.2, 0.25) is 0 Å². The molecule has 11 rings (SSSR count). The van der Waals surface area contributed by atoms with Crippen LogP contribution in [-0.4, -0.2) is 16.1 Å². The molecule has 0 bridgehead atoms. The van der Waals surface area contributed by atoms with E-state index in [2.05, 4.69) is 213 Å². The fourth-order valence-electron chi connectivity index (χ4n) is 9.53. The van der Waals surface area contributed by atoms with Crippen molar-refractivity contribution in [2.75, 3.05) is 0 Å². The molecule has 1 aliphatic carbocycles. The summed E-state index contributed by atoms with van der Waals surface area (Å²) in [5.41, 5.74) is 18.9. The van der Waals surface area contributed by atoms with E-state index < -0.39 is 0 Å². The lowest BCUT2D eigenvalue weighted by Gasteiger charge is -2.22. The minimum absolute atomic E-state index is 0.144. The van der Waals surface area contributed by atoms with Gasteiger partial charge in [0, 0.05) is 33.0 Å². The Hall–Kier alpha value is -7.36. The molecule has 0 fully saturated rings. The van der Waals surface area contributed by atoms with Crippen molar-refractivity contribution in [2.45, 2.75) is 32.1 Å². The fraction of sp³-hybridized carbons (Fsp3) is 0.0877. The van der Waals surface area contributed by atoms with E-state index in [0.717, 1.165) is 46.8 Å². The van der Waals surface area contributed by atoms with E-state index in [4.69, 9.17) is 9.98 Å². The van der Waals surface area contributed by atoms with Crippen molar-refractivity contribution in [3.8, 4) is 39.1 Å². The third-order valence-electron chi connectivity index (χ3n) is 12.5. The maximum Gasteiger partial charge on any atom is 0.160 e. The molecule has 2 aliphatic rings. The molecule has 0 saturated heterocycles. The molecule has 0 amide bonds. The van der Waals surface area contributed by atoms with Crippen molar-refractivity contribution in [2.24, 2.45) is 9.98 Å². The van der Waals surface area contributed by atoms with Crippen LogP contribution in [0.3, 0.4) is 0 Å². The van der Waals surface area contributed by atoms with Crippen LogP contribution < -0.4 is 0 Å². The van der Waals surface area contributed by atoms with Gasteiger partial charge in [0.25, 0.3) is 0 Å². The summed E-state index contributed by atoms with van der Waals surface area (Å²) in [6.45, 7) is 4.73. The molecular weight excluding hydrogens is 727 g/mol. The molecule has 3 heteroatoms. The molecule has 0 radical (unpaired) electrons. The van der Waals surface area contributed by atoms with Crippen LogP contribution in [0.2, 0.25) is 0 Å². The average molecular weight is 770 g/mol. The molecule has 60 heavy (non-hydrogen) atoms. The summed E-state index contributed by atoms with van der Waals surface area (Å²) in [7, 11) is 0. The van der Waals surface area contributed by atoms with Crippen LogP contribution in [-0.2, 0) is 5.41 Å². The number of para-hydroxylation sites is 2. The van der Waals surface area contributed by atoms with Gasteiger partial charge in [-0.15, -0.1) is 0 Å². The molecule has 1 aromatic heterocycles. The van der Waals surface area contributed by atoms with Gasteiger partial charge in [0.15, 0.2) is 5.84 Å². The smallest absolute Gasteiger partial charge is 0.160 e. The van der Waals surface area contributed by atoms with Gasteiger partial charge in [0.1, 0.15) is 0 Å². The largest absolute Gasteiger partial charge is 0.309 e. The minimum Gasteiger partial charge on any atom is -0.309 e. The lowest BCUT2D eigenvalue weighted by molar-refractivity contribution is 0.660. The first-order valence-corrected chi connectivity index (χ1v) is 21.0. The number of benzene rings is 8. The van der Waals surface area contributed by atoms with E-state index in [0.29, 0.717) is 0 Å². The monoisotopic (exact) mass is 769 g/mol. The number of hydrogen-bond donors (Lipinski definition) is 0. The zero-order valence-electron chi connectivity index (χ0n) is 33.8. The summed E-state index contributed by atoms with van der Waals surface area (Å²) in [6, 6.07) is 70.2. The van der Waals surface area contributed by atoms with Crippen molar-refractivity contribution >= 4 is 39.1 Å². The van der Waals surface area contributed by atoms with Crippen molar-refractivity contribution < 1.29 is 0 Å². The van der Waals surface area contributed by atoms with Gasteiger partial charge in [0.05, 0.1) is 22.4 Å². The van der Waals surface area contributed by atoms with Gasteiger partial charge in [-0.3, -0.25) is 0 Å². The normalized spacial score (nSPS) is 14.5. The number of aliphatic imine (C=N–C) groups is 2. The van der Waals surface area contributed by atoms with Gasteiger partial charge < -0.3 is 4.57 Å². The van der Waals surface area contributed by atoms with Crippen LogP contribution in [0.15, 0.2) is 210 Å². The number of allylic oxidation sites excluding steroid dienone is 1. The molecule has 3 nitrogen and oxygen atoms in total. The summed E-state index contributed by atoms with van der Waals surface area (Å²) in [6.07, 6.45) is 3.97. The fourth-order valence-corrected chi connectivity index (χ4v) is 9.53. The third kappa shape index (κ3) is 6.05. The summed E-state index contributed by atoms with van der Waals surface area (Å²) in [5, 5.41) is 2.52. The van der Waals surface area contributed by atoms with Crippen LogP contribution in [0, 0.1) is 0 Å². The number of rotatable bonds is 6. The van der Waals surface area contributed by atoms with Crippen molar-refractivity contribution in [1.82, 2.24) is 4.57 Å². The Morgan fingerprint density at radius 1 is 0.450 bits per heavy atom. The summed E-state index contributed by atoms with van der Waals surface area (Å²) < 4.78 is 2.38. The van der Waals surface area contributed by atoms with E-state index in [1.807, 2.05) is 6.07 Å². The molecule has 2 heterocycles. The summed E-state index contributed by atoms with van der Waals surface area (Å²) >= 11 is 0. The van der Waals surface area contributed by atoms with E-state index in [1.165, 1.54) is 72.0 Å². The van der Waals surface area contributed by atoms with Crippen molar-refractivity contribution in [1.29, 1.82) is 0 Å². The Bertz CT molecular complexity index is 3200. The molecule has 286 valence electrons. The summed E-state index contributed by atoms with van der Waals surface area (Å²) in [4.78, 5) is 10.5. The number of amidine groups is 1. The number of fused-ring (bicyclic) bond motifs is 6. The van der Waals surface area contributed by atoms with Crippen LogP contribution in [0.5, 0.6) is 0 Å². The van der Waals surface area contributed by atoms with Gasteiger partial charge in [-0.25, -0.2) is 9.98 Å². The zero-order valence-corrected chi connectivity index (χ0v) is 33.8. The molecular formula is C57H43N3. The van der Waals surface area contributed by atoms with Gasteiger partial charge in [-0.05, 0) is 105 Å². The second-order valence-electron chi connectivity index (χ2n) is 16.5. The van der Waals surface area contributed by atoms with Crippen molar-refractivity contribution in [3.63, 3.8) is 0 Å². The molecule has 9 aromatic rings. The Kier molecular flexibility index (Phi) is 8.63. The van der Waals surface area contributed by atoms with E-state index >= 15 is 0 Å².